The molecule has 2 aliphatic heterocycles. The zero-order chi connectivity index (χ0) is 21.5. The van der Waals surface area contributed by atoms with Crippen LogP contribution in [0.3, 0.4) is 0 Å². The molecule has 1 saturated heterocycles. The van der Waals surface area contributed by atoms with Crippen LogP contribution in [0, 0.1) is 0 Å². The number of likely N-dealkylation sites (tertiary alicyclic amines) is 1. The molecule has 2 atom stereocenters. The minimum Gasteiger partial charge on any atom is -0.461 e. The number of hydrogen-bond donors (Lipinski definition) is 1. The van der Waals surface area contributed by atoms with Gasteiger partial charge in [-0.3, -0.25) is 9.80 Å². The first-order chi connectivity index (χ1) is 14.5. The molecule has 1 aromatic rings. The number of ether oxygens (including phenoxy) is 2. The van der Waals surface area contributed by atoms with Gasteiger partial charge in [-0.2, -0.15) is 5.10 Å². The quantitative estimate of drug-likeness (QED) is 0.711. The molecular formula is C21H28N4O5. The number of esters is 1. The molecule has 1 fully saturated rings. The van der Waals surface area contributed by atoms with Crippen LogP contribution in [0.1, 0.15) is 33.1 Å². The molecule has 9 nitrogen and oxygen atoms in total. The summed E-state index contributed by atoms with van der Waals surface area (Å²) in [4.78, 5) is 39.1. The maximum absolute atomic E-state index is 13.4. The summed E-state index contributed by atoms with van der Waals surface area (Å²) in [6.45, 7) is 5.00. The average molecular weight is 416 g/mol. The van der Waals surface area contributed by atoms with Crippen molar-refractivity contribution in [3.8, 4) is 0 Å². The van der Waals surface area contributed by atoms with Crippen LogP contribution >= 0.6 is 0 Å². The number of alkyl carbamates (subject to hydrolysis) is 1. The van der Waals surface area contributed by atoms with Gasteiger partial charge in [-0.1, -0.05) is 18.2 Å². The van der Waals surface area contributed by atoms with Crippen molar-refractivity contribution in [1.29, 1.82) is 0 Å². The first kappa shape index (κ1) is 21.6. The molecule has 9 heteroatoms. The number of para-hydroxylation sites is 1. The summed E-state index contributed by atoms with van der Waals surface area (Å²) in [5, 5.41) is 8.81. The van der Waals surface area contributed by atoms with E-state index in [1.54, 1.807) is 23.8 Å². The lowest BCUT2D eigenvalue weighted by molar-refractivity contribution is -0.135. The van der Waals surface area contributed by atoms with Gasteiger partial charge in [-0.05, 0) is 38.8 Å². The predicted molar refractivity (Wildman–Crippen MR) is 111 cm³/mol. The molecule has 2 amide bonds. The van der Waals surface area contributed by atoms with Gasteiger partial charge in [-0.25, -0.2) is 9.59 Å². The van der Waals surface area contributed by atoms with Crippen LogP contribution in [0.25, 0.3) is 0 Å². The Hall–Kier alpha value is -3.10. The molecule has 3 rings (SSSR count). The third kappa shape index (κ3) is 5.08. The van der Waals surface area contributed by atoms with Crippen molar-refractivity contribution in [1.82, 2.24) is 10.2 Å². The highest BCUT2D eigenvalue weighted by Gasteiger charge is 2.40. The van der Waals surface area contributed by atoms with Crippen LogP contribution < -0.4 is 10.3 Å². The SMILES string of the molecule is CCOC(=O)NC1CCCN(C(=O)C2CC(C(=O)OCC)=NN2c2ccccc2)C1. The van der Waals surface area contributed by atoms with Gasteiger partial charge in [-0.15, -0.1) is 0 Å². The van der Waals surface area contributed by atoms with Crippen molar-refractivity contribution in [3.05, 3.63) is 30.3 Å². The van der Waals surface area contributed by atoms with Crippen LogP contribution in [0.2, 0.25) is 0 Å². The third-order valence-corrected chi connectivity index (χ3v) is 5.06. The summed E-state index contributed by atoms with van der Waals surface area (Å²) < 4.78 is 10.0. The maximum atomic E-state index is 13.4. The van der Waals surface area contributed by atoms with E-state index in [0.29, 0.717) is 19.7 Å². The van der Waals surface area contributed by atoms with Crippen molar-refractivity contribution >= 4 is 29.4 Å². The van der Waals surface area contributed by atoms with Crippen molar-refractivity contribution < 1.29 is 23.9 Å². The zero-order valence-corrected chi connectivity index (χ0v) is 17.4. The minimum absolute atomic E-state index is 0.128. The molecule has 30 heavy (non-hydrogen) atoms. The smallest absolute Gasteiger partial charge is 0.407 e. The number of hydrogen-bond acceptors (Lipinski definition) is 7. The highest BCUT2D eigenvalue weighted by molar-refractivity contribution is 6.38. The number of carbonyl (C=O) groups is 3. The van der Waals surface area contributed by atoms with E-state index in [0.717, 1.165) is 18.5 Å². The second-order valence-corrected chi connectivity index (χ2v) is 7.16. The van der Waals surface area contributed by atoms with Gasteiger partial charge < -0.3 is 19.7 Å². The van der Waals surface area contributed by atoms with Crippen LogP contribution in [-0.2, 0) is 19.1 Å². The number of nitrogens with zero attached hydrogens (tertiary/aromatic N) is 3. The van der Waals surface area contributed by atoms with Gasteiger partial charge in [0, 0.05) is 25.6 Å². The molecule has 0 saturated carbocycles. The Morgan fingerprint density at radius 3 is 2.57 bits per heavy atom. The van der Waals surface area contributed by atoms with E-state index >= 15 is 0 Å². The molecular weight excluding hydrogens is 388 g/mol. The van der Waals surface area contributed by atoms with Gasteiger partial charge in [0.05, 0.1) is 18.9 Å². The predicted octanol–water partition coefficient (Wildman–Crippen LogP) is 1.92. The molecule has 0 aliphatic carbocycles. The maximum Gasteiger partial charge on any atom is 0.407 e. The lowest BCUT2D eigenvalue weighted by Crippen LogP contribution is -2.54. The number of benzene rings is 1. The van der Waals surface area contributed by atoms with E-state index in [1.807, 2.05) is 30.3 Å². The molecule has 2 aliphatic rings. The summed E-state index contributed by atoms with van der Waals surface area (Å²) in [6, 6.07) is 8.48. The van der Waals surface area contributed by atoms with Gasteiger partial charge in [0.15, 0.2) is 0 Å². The number of piperidine rings is 1. The van der Waals surface area contributed by atoms with Gasteiger partial charge in [0.1, 0.15) is 11.8 Å². The number of nitrogens with one attached hydrogen (secondary N) is 1. The Labute approximate surface area is 176 Å². The Balaban J connectivity index is 1.74. The van der Waals surface area contributed by atoms with Crippen LogP contribution in [-0.4, -0.2) is 67.0 Å². The first-order valence-corrected chi connectivity index (χ1v) is 10.3. The fourth-order valence-electron chi connectivity index (χ4n) is 3.70. The molecule has 2 heterocycles. The molecule has 162 valence electrons. The number of hydrazone groups is 1. The number of carbonyl (C=O) groups excluding carboxylic acids is 3. The molecule has 1 N–H and O–H groups in total. The summed E-state index contributed by atoms with van der Waals surface area (Å²) >= 11 is 0. The highest BCUT2D eigenvalue weighted by atomic mass is 16.5. The van der Waals surface area contributed by atoms with Crippen molar-refractivity contribution in [2.24, 2.45) is 5.10 Å². The molecule has 0 spiro atoms. The van der Waals surface area contributed by atoms with E-state index in [1.165, 1.54) is 0 Å². The van der Waals surface area contributed by atoms with E-state index < -0.39 is 18.1 Å². The second-order valence-electron chi connectivity index (χ2n) is 7.16. The fraction of sp³-hybridized carbons (Fsp3) is 0.524. The molecule has 0 radical (unpaired) electrons. The van der Waals surface area contributed by atoms with E-state index in [2.05, 4.69) is 10.4 Å². The molecule has 2 unspecified atom stereocenters. The van der Waals surface area contributed by atoms with E-state index in [9.17, 15) is 14.4 Å². The Bertz CT molecular complexity index is 798. The van der Waals surface area contributed by atoms with Crippen molar-refractivity contribution in [2.75, 3.05) is 31.3 Å². The summed E-state index contributed by atoms with van der Waals surface area (Å²) in [6.07, 6.45) is 1.25. The Kier molecular flexibility index (Phi) is 7.26. The lowest BCUT2D eigenvalue weighted by atomic mass is 10.0. The average Bonchev–Trinajstić information content (AvgIpc) is 3.20. The molecule has 1 aromatic carbocycles. The molecule has 0 bridgehead atoms. The van der Waals surface area contributed by atoms with Gasteiger partial charge >= 0.3 is 12.1 Å². The number of amides is 2. The van der Waals surface area contributed by atoms with Crippen molar-refractivity contribution in [3.63, 3.8) is 0 Å². The van der Waals surface area contributed by atoms with Crippen molar-refractivity contribution in [2.45, 2.75) is 45.2 Å². The fourth-order valence-corrected chi connectivity index (χ4v) is 3.70. The summed E-state index contributed by atoms with van der Waals surface area (Å²) in [5.41, 5.74) is 0.964. The van der Waals surface area contributed by atoms with Crippen LogP contribution in [0.5, 0.6) is 0 Å². The van der Waals surface area contributed by atoms with Crippen LogP contribution in [0.15, 0.2) is 35.4 Å². The molecule has 0 aromatic heterocycles. The zero-order valence-electron chi connectivity index (χ0n) is 17.4. The highest BCUT2D eigenvalue weighted by Crippen LogP contribution is 2.27. The summed E-state index contributed by atoms with van der Waals surface area (Å²) in [7, 11) is 0. The topological polar surface area (TPSA) is 101 Å². The Morgan fingerprint density at radius 1 is 1.13 bits per heavy atom. The standard InChI is InChI=1S/C21H28N4O5/c1-3-29-20(27)17-13-18(25(23-17)16-10-6-5-7-11-16)19(26)24-12-8-9-15(14-24)22-21(28)30-4-2/h5-7,10-11,15,18H,3-4,8-9,12-14H2,1-2H3,(H,22,28). The monoisotopic (exact) mass is 416 g/mol. The Morgan fingerprint density at radius 2 is 1.87 bits per heavy atom. The van der Waals surface area contributed by atoms with Gasteiger partial charge in [0.25, 0.3) is 0 Å². The van der Waals surface area contributed by atoms with E-state index in [4.69, 9.17) is 9.47 Å². The second kappa shape index (κ2) is 10.1. The first-order valence-electron chi connectivity index (χ1n) is 10.3. The minimum atomic E-state index is -0.631. The normalized spacial score (nSPS) is 21.1. The lowest BCUT2D eigenvalue weighted by Gasteiger charge is -2.36. The van der Waals surface area contributed by atoms with Crippen LogP contribution in [0.4, 0.5) is 10.5 Å². The summed E-state index contributed by atoms with van der Waals surface area (Å²) in [5.74, 6) is -0.633. The number of anilines is 1. The largest absolute Gasteiger partial charge is 0.461 e. The van der Waals surface area contributed by atoms with Gasteiger partial charge in [0.2, 0.25) is 5.91 Å². The number of rotatable bonds is 6. The van der Waals surface area contributed by atoms with E-state index in [-0.39, 0.29) is 30.7 Å². The third-order valence-electron chi connectivity index (χ3n) is 5.06.